The normalized spacial score (nSPS) is 10.3. The fourth-order valence-corrected chi connectivity index (χ4v) is 2.16. The summed E-state index contributed by atoms with van der Waals surface area (Å²) >= 11 is 6.33. The van der Waals surface area contributed by atoms with Gasteiger partial charge in [-0.1, -0.05) is 31.9 Å². The van der Waals surface area contributed by atoms with Crippen LogP contribution in [0.3, 0.4) is 0 Å². The lowest BCUT2D eigenvalue weighted by atomic mass is 10.2. The molecule has 0 aliphatic rings. The summed E-state index contributed by atoms with van der Waals surface area (Å²) in [5.74, 6) is -1.31. The van der Waals surface area contributed by atoms with Gasteiger partial charge < -0.3 is 10.4 Å². The summed E-state index contributed by atoms with van der Waals surface area (Å²) in [4.78, 5) is 12.0. The van der Waals surface area contributed by atoms with Crippen molar-refractivity contribution >= 4 is 43.5 Å². The molecule has 19 heavy (non-hydrogen) atoms. The number of carbonyl (C=O) groups is 1. The predicted molar refractivity (Wildman–Crippen MR) is 77.9 cm³/mol. The van der Waals surface area contributed by atoms with E-state index in [-0.39, 0.29) is 17.0 Å². The second-order valence-electron chi connectivity index (χ2n) is 3.74. The standard InChI is InChI=1S/C13H8Br2FNO2/c14-7-2-4-12(18)9(5-7)13(19)17-11-3-1-8(15)6-10(11)16/h1-6,18H,(H,17,19). The Labute approximate surface area is 125 Å². The van der Waals surface area contributed by atoms with E-state index in [1.54, 1.807) is 12.1 Å². The molecule has 0 spiro atoms. The van der Waals surface area contributed by atoms with Crippen LogP contribution in [-0.2, 0) is 0 Å². The van der Waals surface area contributed by atoms with Gasteiger partial charge in [-0.15, -0.1) is 0 Å². The SMILES string of the molecule is O=C(Nc1ccc(Br)cc1F)c1cc(Br)ccc1O. The van der Waals surface area contributed by atoms with Crippen molar-refractivity contribution < 1.29 is 14.3 Å². The summed E-state index contributed by atoms with van der Waals surface area (Å²) < 4.78 is 14.8. The Morgan fingerprint density at radius 1 is 1.11 bits per heavy atom. The minimum atomic E-state index is -0.583. The van der Waals surface area contributed by atoms with Gasteiger partial charge in [-0.2, -0.15) is 0 Å². The van der Waals surface area contributed by atoms with Crippen LogP contribution in [0, 0.1) is 5.82 Å². The average molecular weight is 389 g/mol. The fourth-order valence-electron chi connectivity index (χ4n) is 1.47. The number of halogens is 3. The van der Waals surface area contributed by atoms with Gasteiger partial charge in [0.15, 0.2) is 0 Å². The van der Waals surface area contributed by atoms with Gasteiger partial charge in [0.2, 0.25) is 0 Å². The second kappa shape index (κ2) is 5.71. The van der Waals surface area contributed by atoms with E-state index in [9.17, 15) is 14.3 Å². The molecule has 2 aromatic rings. The smallest absolute Gasteiger partial charge is 0.259 e. The molecule has 98 valence electrons. The zero-order chi connectivity index (χ0) is 14.0. The number of anilines is 1. The first kappa shape index (κ1) is 14.0. The molecule has 0 atom stereocenters. The van der Waals surface area contributed by atoms with Crippen molar-refractivity contribution in [2.75, 3.05) is 5.32 Å². The molecule has 0 aromatic heterocycles. The predicted octanol–water partition coefficient (Wildman–Crippen LogP) is 4.31. The maximum absolute atomic E-state index is 13.6. The van der Waals surface area contributed by atoms with Crippen molar-refractivity contribution in [2.24, 2.45) is 0 Å². The lowest BCUT2D eigenvalue weighted by Crippen LogP contribution is -2.13. The minimum absolute atomic E-state index is 0.0487. The molecule has 0 aliphatic carbocycles. The topological polar surface area (TPSA) is 49.3 Å². The number of nitrogens with one attached hydrogen (secondary N) is 1. The van der Waals surface area contributed by atoms with Crippen LogP contribution in [0.4, 0.5) is 10.1 Å². The minimum Gasteiger partial charge on any atom is -0.507 e. The maximum Gasteiger partial charge on any atom is 0.259 e. The van der Waals surface area contributed by atoms with Crippen molar-refractivity contribution in [3.05, 3.63) is 56.7 Å². The van der Waals surface area contributed by atoms with Crippen molar-refractivity contribution in [3.63, 3.8) is 0 Å². The van der Waals surface area contributed by atoms with E-state index in [4.69, 9.17) is 0 Å². The molecule has 3 nitrogen and oxygen atoms in total. The Hall–Kier alpha value is -1.40. The Morgan fingerprint density at radius 3 is 2.42 bits per heavy atom. The largest absolute Gasteiger partial charge is 0.507 e. The van der Waals surface area contributed by atoms with Gasteiger partial charge in [0.05, 0.1) is 11.3 Å². The van der Waals surface area contributed by atoms with E-state index in [0.29, 0.717) is 8.95 Å². The van der Waals surface area contributed by atoms with Crippen LogP contribution in [0.5, 0.6) is 5.75 Å². The zero-order valence-corrected chi connectivity index (χ0v) is 12.6. The number of amides is 1. The third-order valence-electron chi connectivity index (χ3n) is 2.38. The molecule has 0 unspecified atom stereocenters. The molecule has 0 heterocycles. The average Bonchev–Trinajstić information content (AvgIpc) is 2.35. The molecule has 6 heteroatoms. The molecule has 0 saturated heterocycles. The van der Waals surface area contributed by atoms with E-state index in [1.807, 2.05) is 0 Å². The number of benzene rings is 2. The highest BCUT2D eigenvalue weighted by Gasteiger charge is 2.13. The number of phenols is 1. The van der Waals surface area contributed by atoms with Crippen LogP contribution in [0.2, 0.25) is 0 Å². The summed E-state index contributed by atoms with van der Waals surface area (Å²) in [7, 11) is 0. The van der Waals surface area contributed by atoms with Crippen molar-refractivity contribution in [1.82, 2.24) is 0 Å². The molecular formula is C13H8Br2FNO2. The highest BCUT2D eigenvalue weighted by Crippen LogP contribution is 2.24. The fraction of sp³-hybridized carbons (Fsp3) is 0. The molecule has 1 amide bonds. The van der Waals surface area contributed by atoms with Crippen LogP contribution < -0.4 is 5.32 Å². The number of hydrogen-bond donors (Lipinski definition) is 2. The molecule has 0 saturated carbocycles. The molecular weight excluding hydrogens is 381 g/mol. The monoisotopic (exact) mass is 387 g/mol. The van der Waals surface area contributed by atoms with Gasteiger partial charge in [-0.25, -0.2) is 4.39 Å². The van der Waals surface area contributed by atoms with Crippen molar-refractivity contribution in [1.29, 1.82) is 0 Å². The highest BCUT2D eigenvalue weighted by atomic mass is 79.9. The van der Waals surface area contributed by atoms with Gasteiger partial charge in [-0.3, -0.25) is 4.79 Å². The summed E-state index contributed by atoms with van der Waals surface area (Å²) in [5.41, 5.74) is 0.115. The van der Waals surface area contributed by atoms with Crippen LogP contribution in [-0.4, -0.2) is 11.0 Å². The van der Waals surface area contributed by atoms with E-state index >= 15 is 0 Å². The highest BCUT2D eigenvalue weighted by molar-refractivity contribution is 9.10. The number of rotatable bonds is 2. The van der Waals surface area contributed by atoms with Crippen molar-refractivity contribution in [2.45, 2.75) is 0 Å². The van der Waals surface area contributed by atoms with Gasteiger partial charge in [0.25, 0.3) is 5.91 Å². The Kier molecular flexibility index (Phi) is 4.21. The van der Waals surface area contributed by atoms with Crippen LogP contribution in [0.15, 0.2) is 45.3 Å². The number of aromatic hydroxyl groups is 1. The third kappa shape index (κ3) is 3.33. The Morgan fingerprint density at radius 2 is 1.74 bits per heavy atom. The molecule has 2 rings (SSSR count). The second-order valence-corrected chi connectivity index (χ2v) is 5.57. The van der Waals surface area contributed by atoms with E-state index in [1.165, 1.54) is 24.3 Å². The summed E-state index contributed by atoms with van der Waals surface area (Å²) in [6.07, 6.45) is 0. The van der Waals surface area contributed by atoms with Gasteiger partial charge in [0.1, 0.15) is 11.6 Å². The van der Waals surface area contributed by atoms with Gasteiger partial charge >= 0.3 is 0 Å². The quantitative estimate of drug-likeness (QED) is 0.805. The van der Waals surface area contributed by atoms with Crippen LogP contribution >= 0.6 is 31.9 Å². The van der Waals surface area contributed by atoms with E-state index < -0.39 is 11.7 Å². The first-order valence-corrected chi connectivity index (χ1v) is 6.81. The number of phenolic OH excluding ortho intramolecular Hbond substituents is 1. The molecule has 0 fully saturated rings. The zero-order valence-electron chi connectivity index (χ0n) is 9.45. The van der Waals surface area contributed by atoms with Crippen molar-refractivity contribution in [3.8, 4) is 5.75 Å². The molecule has 2 aromatic carbocycles. The lowest BCUT2D eigenvalue weighted by molar-refractivity contribution is 0.102. The van der Waals surface area contributed by atoms with E-state index in [2.05, 4.69) is 37.2 Å². The van der Waals surface area contributed by atoms with Gasteiger partial charge in [0, 0.05) is 8.95 Å². The van der Waals surface area contributed by atoms with Crippen LogP contribution in [0.1, 0.15) is 10.4 Å². The lowest BCUT2D eigenvalue weighted by Gasteiger charge is -2.08. The summed E-state index contributed by atoms with van der Waals surface area (Å²) in [6.45, 7) is 0. The maximum atomic E-state index is 13.6. The summed E-state index contributed by atoms with van der Waals surface area (Å²) in [5, 5.41) is 12.0. The molecule has 0 bridgehead atoms. The first-order chi connectivity index (χ1) is 8.97. The first-order valence-electron chi connectivity index (χ1n) is 5.22. The Bertz CT molecular complexity index is 647. The number of hydrogen-bond acceptors (Lipinski definition) is 2. The third-order valence-corrected chi connectivity index (χ3v) is 3.37. The Balaban J connectivity index is 2.28. The van der Waals surface area contributed by atoms with Crippen LogP contribution in [0.25, 0.3) is 0 Å². The van der Waals surface area contributed by atoms with Gasteiger partial charge in [-0.05, 0) is 36.4 Å². The number of carbonyl (C=O) groups excluding carboxylic acids is 1. The summed E-state index contributed by atoms with van der Waals surface area (Å²) in [6, 6.07) is 8.74. The molecule has 2 N–H and O–H groups in total. The molecule has 0 radical (unpaired) electrons. The van der Waals surface area contributed by atoms with E-state index in [0.717, 1.165) is 0 Å². The molecule has 0 aliphatic heterocycles.